The van der Waals surface area contributed by atoms with Crippen LogP contribution in [-0.2, 0) is 16.1 Å². The van der Waals surface area contributed by atoms with E-state index in [0.717, 1.165) is 11.1 Å². The minimum atomic E-state index is -0.507. The van der Waals surface area contributed by atoms with Gasteiger partial charge in [-0.3, -0.25) is 0 Å². The van der Waals surface area contributed by atoms with Crippen LogP contribution >= 0.6 is 0 Å². The first kappa shape index (κ1) is 15.8. The Bertz CT molecular complexity index is 505. The molecule has 0 aliphatic carbocycles. The van der Waals surface area contributed by atoms with Crippen LogP contribution in [0, 0.1) is 5.92 Å². The van der Waals surface area contributed by atoms with E-state index in [1.807, 2.05) is 39.0 Å². The van der Waals surface area contributed by atoms with Crippen LogP contribution < -0.4 is 5.32 Å². The van der Waals surface area contributed by atoms with Gasteiger partial charge < -0.3 is 14.8 Å². The van der Waals surface area contributed by atoms with Crippen molar-refractivity contribution in [2.75, 3.05) is 0 Å². The van der Waals surface area contributed by atoms with E-state index >= 15 is 0 Å². The van der Waals surface area contributed by atoms with Gasteiger partial charge in [0.25, 0.3) is 0 Å². The molecule has 1 aromatic carbocycles. The third kappa shape index (κ3) is 3.97. The van der Waals surface area contributed by atoms with E-state index in [-0.39, 0.29) is 12.1 Å². The summed E-state index contributed by atoms with van der Waals surface area (Å²) in [6.07, 6.45) is -0.453. The molecule has 4 heteroatoms. The topological polar surface area (TPSA) is 47.6 Å². The smallest absolute Gasteiger partial charge is 0.408 e. The molecule has 0 radical (unpaired) electrons. The highest BCUT2D eigenvalue weighted by atomic mass is 16.6. The summed E-state index contributed by atoms with van der Waals surface area (Å²) in [4.78, 5) is 12.1. The third-order valence-corrected chi connectivity index (χ3v) is 3.48. The van der Waals surface area contributed by atoms with Crippen LogP contribution in [0.2, 0.25) is 0 Å². The lowest BCUT2D eigenvalue weighted by atomic mass is 9.88. The predicted octanol–water partition coefficient (Wildman–Crippen LogP) is 3.81. The van der Waals surface area contributed by atoms with Crippen molar-refractivity contribution < 1.29 is 14.3 Å². The van der Waals surface area contributed by atoms with Gasteiger partial charge in [-0.2, -0.15) is 0 Å². The van der Waals surface area contributed by atoms with Crippen LogP contribution in [0.15, 0.2) is 24.3 Å². The Morgan fingerprint density at radius 1 is 1.33 bits per heavy atom. The zero-order valence-corrected chi connectivity index (χ0v) is 13.5. The minimum Gasteiger partial charge on any atom is -0.444 e. The molecule has 2 rings (SSSR count). The lowest BCUT2D eigenvalue weighted by Gasteiger charge is -2.36. The van der Waals surface area contributed by atoms with Crippen molar-refractivity contribution in [3.05, 3.63) is 35.4 Å². The van der Waals surface area contributed by atoms with Gasteiger partial charge in [-0.1, -0.05) is 38.1 Å². The maximum Gasteiger partial charge on any atom is 0.408 e. The van der Waals surface area contributed by atoms with Gasteiger partial charge in [-0.15, -0.1) is 0 Å². The Kier molecular flexibility index (Phi) is 4.57. The number of fused-ring (bicyclic) bond motifs is 1. The molecule has 0 saturated carbocycles. The largest absolute Gasteiger partial charge is 0.444 e. The molecule has 1 aliphatic heterocycles. The van der Waals surface area contributed by atoms with Crippen molar-refractivity contribution in [2.24, 2.45) is 5.92 Å². The quantitative estimate of drug-likeness (QED) is 0.901. The monoisotopic (exact) mass is 291 g/mol. The molecule has 1 N–H and O–H groups in total. The molecule has 0 aromatic heterocycles. The molecule has 0 spiro atoms. The molecule has 1 unspecified atom stereocenters. The maximum atomic E-state index is 12.1. The zero-order chi connectivity index (χ0) is 15.6. The standard InChI is InChI=1S/C17H25NO3/c1-11(2)15-14(18-16(19)21-17(3,4)5)13-9-7-6-8-12(13)10-20-15/h6-9,11,14-15H,10H2,1-5H3,(H,18,19)/t14?,15-/m0/s1. The maximum absolute atomic E-state index is 12.1. The Balaban J connectivity index is 2.22. The fraction of sp³-hybridized carbons (Fsp3) is 0.588. The van der Waals surface area contributed by atoms with E-state index in [2.05, 4.69) is 25.2 Å². The summed E-state index contributed by atoms with van der Waals surface area (Å²) >= 11 is 0. The average molecular weight is 291 g/mol. The van der Waals surface area contributed by atoms with Crippen molar-refractivity contribution in [3.63, 3.8) is 0 Å². The van der Waals surface area contributed by atoms with Gasteiger partial charge in [0, 0.05) is 0 Å². The summed E-state index contributed by atoms with van der Waals surface area (Å²) in [6.45, 7) is 10.4. The fourth-order valence-corrected chi connectivity index (χ4v) is 2.60. The summed E-state index contributed by atoms with van der Waals surface area (Å²) in [7, 11) is 0. The van der Waals surface area contributed by atoms with Crippen LogP contribution in [0.25, 0.3) is 0 Å². The highest BCUT2D eigenvalue weighted by molar-refractivity contribution is 5.68. The van der Waals surface area contributed by atoms with Gasteiger partial charge in [0.05, 0.1) is 18.8 Å². The number of carbonyl (C=O) groups excluding carboxylic acids is 1. The molecule has 1 aliphatic rings. The number of benzene rings is 1. The van der Waals surface area contributed by atoms with Crippen LogP contribution in [0.5, 0.6) is 0 Å². The molecule has 0 saturated heterocycles. The van der Waals surface area contributed by atoms with Crippen LogP contribution in [0.3, 0.4) is 0 Å². The number of hydrogen-bond donors (Lipinski definition) is 1. The highest BCUT2D eigenvalue weighted by Crippen LogP contribution is 2.33. The second kappa shape index (κ2) is 6.06. The predicted molar refractivity (Wildman–Crippen MR) is 82.0 cm³/mol. The normalized spacial score (nSPS) is 21.8. The van der Waals surface area contributed by atoms with Gasteiger partial charge >= 0.3 is 6.09 Å². The molecule has 1 heterocycles. The molecule has 4 nitrogen and oxygen atoms in total. The molecule has 2 atom stereocenters. The molecular formula is C17H25NO3. The fourth-order valence-electron chi connectivity index (χ4n) is 2.60. The first-order chi connectivity index (χ1) is 9.78. The first-order valence-corrected chi connectivity index (χ1v) is 7.47. The van der Waals surface area contributed by atoms with Crippen molar-refractivity contribution in [1.29, 1.82) is 0 Å². The van der Waals surface area contributed by atoms with Crippen molar-refractivity contribution in [3.8, 4) is 0 Å². The average Bonchev–Trinajstić information content (AvgIpc) is 2.36. The highest BCUT2D eigenvalue weighted by Gasteiger charge is 2.34. The first-order valence-electron chi connectivity index (χ1n) is 7.47. The van der Waals surface area contributed by atoms with E-state index in [1.54, 1.807) is 0 Å². The summed E-state index contributed by atoms with van der Waals surface area (Å²) in [5.74, 6) is 0.304. The molecule has 116 valence electrons. The van der Waals surface area contributed by atoms with Gasteiger partial charge in [0.15, 0.2) is 0 Å². The van der Waals surface area contributed by atoms with Crippen LogP contribution in [0.4, 0.5) is 4.79 Å². The van der Waals surface area contributed by atoms with Gasteiger partial charge in [0.1, 0.15) is 5.60 Å². The summed E-state index contributed by atoms with van der Waals surface area (Å²) in [5, 5.41) is 2.98. The van der Waals surface area contributed by atoms with Gasteiger partial charge in [0.2, 0.25) is 0 Å². The second-order valence-corrected chi connectivity index (χ2v) is 6.84. The molecule has 1 aromatic rings. The number of rotatable bonds is 2. The number of carbonyl (C=O) groups is 1. The van der Waals surface area contributed by atoms with E-state index < -0.39 is 11.7 Å². The van der Waals surface area contributed by atoms with Gasteiger partial charge in [-0.05, 0) is 37.8 Å². The summed E-state index contributed by atoms with van der Waals surface area (Å²) in [6, 6.07) is 7.89. The number of ether oxygens (including phenoxy) is 2. The second-order valence-electron chi connectivity index (χ2n) is 6.84. The SMILES string of the molecule is CC(C)[C@@H]1OCc2ccccc2C1NC(=O)OC(C)(C)C. The number of hydrogen-bond acceptors (Lipinski definition) is 3. The Labute approximate surface area is 126 Å². The van der Waals surface area contributed by atoms with Crippen molar-refractivity contribution >= 4 is 6.09 Å². The van der Waals surface area contributed by atoms with Crippen LogP contribution in [0.1, 0.15) is 51.8 Å². The summed E-state index contributed by atoms with van der Waals surface area (Å²) in [5.41, 5.74) is 1.73. The van der Waals surface area contributed by atoms with E-state index in [0.29, 0.717) is 12.5 Å². The lowest BCUT2D eigenvalue weighted by Crippen LogP contribution is -2.44. The van der Waals surface area contributed by atoms with Gasteiger partial charge in [-0.25, -0.2) is 4.79 Å². The third-order valence-electron chi connectivity index (χ3n) is 3.48. The molecular weight excluding hydrogens is 266 g/mol. The molecule has 21 heavy (non-hydrogen) atoms. The number of alkyl carbamates (subject to hydrolysis) is 1. The Morgan fingerprint density at radius 3 is 2.62 bits per heavy atom. The lowest BCUT2D eigenvalue weighted by molar-refractivity contribution is -0.0317. The van der Waals surface area contributed by atoms with Crippen molar-refractivity contribution in [2.45, 2.75) is 59.0 Å². The van der Waals surface area contributed by atoms with E-state index in [4.69, 9.17) is 9.47 Å². The minimum absolute atomic E-state index is 0.0487. The van der Waals surface area contributed by atoms with E-state index in [9.17, 15) is 4.79 Å². The molecule has 1 amide bonds. The molecule has 0 bridgehead atoms. The Morgan fingerprint density at radius 2 is 2.00 bits per heavy atom. The van der Waals surface area contributed by atoms with E-state index in [1.165, 1.54) is 0 Å². The number of nitrogens with one attached hydrogen (secondary N) is 1. The van der Waals surface area contributed by atoms with Crippen LogP contribution in [-0.4, -0.2) is 17.8 Å². The zero-order valence-electron chi connectivity index (χ0n) is 13.5. The Hall–Kier alpha value is -1.55. The molecule has 0 fully saturated rings. The number of amides is 1. The van der Waals surface area contributed by atoms with Crippen molar-refractivity contribution in [1.82, 2.24) is 5.32 Å². The summed E-state index contributed by atoms with van der Waals surface area (Å²) < 4.78 is 11.3.